The molecule has 7 nitrogen and oxygen atoms in total. The van der Waals surface area contributed by atoms with Crippen LogP contribution in [-0.2, 0) is 0 Å². The lowest BCUT2D eigenvalue weighted by Crippen LogP contribution is -2.18. The molecule has 2 aromatic heterocycles. The van der Waals surface area contributed by atoms with E-state index in [1.807, 2.05) is 24.3 Å². The predicted octanol–water partition coefficient (Wildman–Crippen LogP) is 4.82. The van der Waals surface area contributed by atoms with Gasteiger partial charge in [0, 0.05) is 29.3 Å². The van der Waals surface area contributed by atoms with E-state index in [0.29, 0.717) is 22.5 Å². The van der Waals surface area contributed by atoms with E-state index in [-0.39, 0.29) is 11.4 Å². The Labute approximate surface area is 196 Å². The quantitative estimate of drug-likeness (QED) is 0.393. The number of nitrogens with zero attached hydrogens (tertiary/aromatic N) is 3. The zero-order chi connectivity index (χ0) is 23.7. The zero-order valence-corrected chi connectivity index (χ0v) is 18.7. The van der Waals surface area contributed by atoms with Gasteiger partial charge in [-0.1, -0.05) is 25.0 Å². The number of hydrogen-bond acceptors (Lipinski definition) is 6. The van der Waals surface area contributed by atoms with E-state index >= 15 is 0 Å². The Bertz CT molecular complexity index is 1390. The number of carbonyl (C=O) groups is 1. The average molecular weight is 458 g/mol. The Kier molecular flexibility index (Phi) is 5.79. The van der Waals surface area contributed by atoms with Gasteiger partial charge in [0.15, 0.2) is 5.69 Å². The summed E-state index contributed by atoms with van der Waals surface area (Å²) in [5.74, 6) is 0.315. The second-order valence-corrected chi connectivity index (χ2v) is 8.43. The molecule has 8 heteroatoms. The molecule has 0 aliphatic heterocycles. The first-order valence-corrected chi connectivity index (χ1v) is 11.2. The lowest BCUT2D eigenvalue weighted by molar-refractivity contribution is 0.0995. The van der Waals surface area contributed by atoms with E-state index in [1.165, 1.54) is 18.9 Å². The van der Waals surface area contributed by atoms with Crippen LogP contribution in [-0.4, -0.2) is 34.7 Å². The number of anilines is 1. The molecule has 1 saturated carbocycles. The van der Waals surface area contributed by atoms with Gasteiger partial charge in [0.1, 0.15) is 17.3 Å². The van der Waals surface area contributed by atoms with Crippen LogP contribution in [0.15, 0.2) is 54.7 Å². The first-order chi connectivity index (χ1) is 16.5. The fourth-order valence-corrected chi connectivity index (χ4v) is 4.11. The third-order valence-electron chi connectivity index (χ3n) is 6.09. The second kappa shape index (κ2) is 9.05. The van der Waals surface area contributed by atoms with Crippen LogP contribution >= 0.6 is 0 Å². The van der Waals surface area contributed by atoms with Crippen molar-refractivity contribution in [1.29, 1.82) is 0 Å². The molecule has 0 saturated heterocycles. The Morgan fingerprint density at radius 3 is 2.71 bits per heavy atom. The van der Waals surface area contributed by atoms with Crippen molar-refractivity contribution in [2.45, 2.75) is 19.3 Å². The van der Waals surface area contributed by atoms with Gasteiger partial charge in [0.05, 0.1) is 18.3 Å². The van der Waals surface area contributed by atoms with Gasteiger partial charge in [-0.2, -0.15) is 0 Å². The van der Waals surface area contributed by atoms with Gasteiger partial charge in [-0.3, -0.25) is 9.78 Å². The largest absolute Gasteiger partial charge is 0.496 e. The number of amides is 1. The summed E-state index contributed by atoms with van der Waals surface area (Å²) in [5.41, 5.74) is 9.46. The smallest absolute Gasteiger partial charge is 0.271 e. The van der Waals surface area contributed by atoms with E-state index in [0.717, 1.165) is 35.4 Å². The van der Waals surface area contributed by atoms with Crippen LogP contribution in [0.2, 0.25) is 0 Å². The molecule has 34 heavy (non-hydrogen) atoms. The van der Waals surface area contributed by atoms with Crippen molar-refractivity contribution in [3.05, 3.63) is 66.2 Å². The van der Waals surface area contributed by atoms with E-state index in [1.54, 1.807) is 31.5 Å². The van der Waals surface area contributed by atoms with Gasteiger partial charge in [-0.05, 0) is 54.3 Å². The molecule has 1 aliphatic rings. The highest BCUT2D eigenvalue weighted by Gasteiger charge is 2.22. The topological polar surface area (TPSA) is 103 Å². The van der Waals surface area contributed by atoms with Gasteiger partial charge in [0.25, 0.3) is 5.91 Å². The number of halogens is 1. The summed E-state index contributed by atoms with van der Waals surface area (Å²) >= 11 is 0. The average Bonchev–Trinajstić information content (AvgIpc) is 3.68. The summed E-state index contributed by atoms with van der Waals surface area (Å²) in [5, 5.41) is 12.5. The highest BCUT2D eigenvalue weighted by Crippen LogP contribution is 2.37. The van der Waals surface area contributed by atoms with Crippen molar-refractivity contribution < 1.29 is 13.9 Å². The lowest BCUT2D eigenvalue weighted by Gasteiger charge is -2.14. The molecule has 0 bridgehead atoms. The lowest BCUT2D eigenvalue weighted by atomic mass is 9.99. The molecule has 1 aliphatic carbocycles. The van der Waals surface area contributed by atoms with E-state index < -0.39 is 11.7 Å². The number of benzene rings is 2. The van der Waals surface area contributed by atoms with Crippen LogP contribution in [0.25, 0.3) is 33.3 Å². The number of rotatable bonds is 8. The van der Waals surface area contributed by atoms with Gasteiger partial charge in [-0.25, -0.2) is 4.39 Å². The van der Waals surface area contributed by atoms with E-state index in [2.05, 4.69) is 20.5 Å². The van der Waals surface area contributed by atoms with Crippen LogP contribution in [0.1, 0.15) is 29.8 Å². The van der Waals surface area contributed by atoms with Gasteiger partial charge in [-0.15, -0.1) is 10.2 Å². The summed E-state index contributed by atoms with van der Waals surface area (Å²) < 4.78 is 19.8. The maximum absolute atomic E-state index is 14.2. The van der Waals surface area contributed by atoms with Crippen molar-refractivity contribution in [2.75, 3.05) is 19.0 Å². The molecule has 3 N–H and O–H groups in total. The summed E-state index contributed by atoms with van der Waals surface area (Å²) in [7, 11) is 1.57. The van der Waals surface area contributed by atoms with Crippen molar-refractivity contribution >= 4 is 22.5 Å². The number of methoxy groups -OCH3 is 1. The minimum absolute atomic E-state index is 0.135. The molecule has 1 amide bonds. The van der Waals surface area contributed by atoms with Crippen molar-refractivity contribution in [3.63, 3.8) is 0 Å². The standard InChI is InChI=1S/C26H24FN5O2/c1-34-22-14-17(23-20(27)3-2-11-29-23)7-8-18(22)16-6-9-19-21(13-16)31-32-25(26(28)33)24(19)30-12-10-15-4-5-15/h2-3,6-9,11,13-15H,4-5,10,12H2,1H3,(H2,28,33)(H,30,31). The molecular formula is C26H24FN5O2. The van der Waals surface area contributed by atoms with Crippen molar-refractivity contribution in [1.82, 2.24) is 15.2 Å². The summed E-state index contributed by atoms with van der Waals surface area (Å²) in [4.78, 5) is 16.1. The molecule has 1 fully saturated rings. The molecular weight excluding hydrogens is 433 g/mol. The number of hydrogen-bond donors (Lipinski definition) is 2. The molecule has 2 heterocycles. The number of primary amides is 1. The van der Waals surface area contributed by atoms with Gasteiger partial charge in [0.2, 0.25) is 0 Å². The third-order valence-corrected chi connectivity index (χ3v) is 6.09. The molecule has 4 aromatic rings. The Morgan fingerprint density at radius 2 is 1.97 bits per heavy atom. The van der Waals surface area contributed by atoms with Crippen molar-refractivity contribution in [3.8, 4) is 28.1 Å². The van der Waals surface area contributed by atoms with Crippen LogP contribution in [0.5, 0.6) is 5.75 Å². The molecule has 5 rings (SSSR count). The summed E-state index contributed by atoms with van der Waals surface area (Å²) in [6, 6.07) is 14.1. The molecule has 2 aromatic carbocycles. The van der Waals surface area contributed by atoms with Crippen molar-refractivity contribution in [2.24, 2.45) is 11.7 Å². The van der Waals surface area contributed by atoms with E-state index in [4.69, 9.17) is 10.5 Å². The highest BCUT2D eigenvalue weighted by atomic mass is 19.1. The minimum Gasteiger partial charge on any atom is -0.496 e. The number of nitrogens with one attached hydrogen (secondary N) is 1. The van der Waals surface area contributed by atoms with Gasteiger partial charge < -0.3 is 15.8 Å². The number of carbonyl (C=O) groups excluding carboxylic acids is 1. The van der Waals surface area contributed by atoms with Crippen LogP contribution in [0.4, 0.5) is 10.1 Å². The highest BCUT2D eigenvalue weighted by molar-refractivity contribution is 6.05. The first kappa shape index (κ1) is 21.8. The SMILES string of the molecule is COc1cc(-c2ncccc2F)ccc1-c1ccc2c(NCCC3CC3)c(C(N)=O)nnc2c1. The minimum atomic E-state index is -0.619. The number of pyridine rings is 1. The second-order valence-electron chi connectivity index (χ2n) is 8.43. The fourth-order valence-electron chi connectivity index (χ4n) is 4.11. The number of aromatic nitrogens is 3. The predicted molar refractivity (Wildman–Crippen MR) is 129 cm³/mol. The molecule has 172 valence electrons. The van der Waals surface area contributed by atoms with Gasteiger partial charge >= 0.3 is 0 Å². The monoisotopic (exact) mass is 457 g/mol. The fraction of sp³-hybridized carbons (Fsp3) is 0.231. The number of fused-ring (bicyclic) bond motifs is 1. The first-order valence-electron chi connectivity index (χ1n) is 11.2. The summed E-state index contributed by atoms with van der Waals surface area (Å²) in [6.45, 7) is 0.743. The zero-order valence-electron chi connectivity index (χ0n) is 18.7. The maximum Gasteiger partial charge on any atom is 0.271 e. The number of ether oxygens (including phenoxy) is 1. The molecule has 0 atom stereocenters. The normalized spacial score (nSPS) is 13.1. The van der Waals surface area contributed by atoms with Crippen LogP contribution in [0.3, 0.4) is 0 Å². The van der Waals surface area contributed by atoms with Crippen LogP contribution in [0, 0.1) is 11.7 Å². The third kappa shape index (κ3) is 4.26. The van der Waals surface area contributed by atoms with Crippen LogP contribution < -0.4 is 15.8 Å². The Hall–Kier alpha value is -4.07. The summed E-state index contributed by atoms with van der Waals surface area (Å²) in [6.07, 6.45) is 5.12. The maximum atomic E-state index is 14.2. The Morgan fingerprint density at radius 1 is 1.15 bits per heavy atom. The molecule has 0 unspecified atom stereocenters. The number of nitrogens with two attached hydrogens (primary N) is 1. The van der Waals surface area contributed by atoms with E-state index in [9.17, 15) is 9.18 Å². The molecule has 0 spiro atoms. The Balaban J connectivity index is 1.53. The molecule has 0 radical (unpaired) electrons.